The van der Waals surface area contributed by atoms with E-state index in [-0.39, 0.29) is 11.2 Å². The summed E-state index contributed by atoms with van der Waals surface area (Å²) in [6.07, 6.45) is 2.03. The first kappa shape index (κ1) is 17.3. The summed E-state index contributed by atoms with van der Waals surface area (Å²) in [5.41, 5.74) is 15.2. The number of thiol groups is 1. The third kappa shape index (κ3) is 3.14. The Morgan fingerprint density at radius 2 is 1.64 bits per heavy atom. The van der Waals surface area contributed by atoms with Crippen molar-refractivity contribution in [3.8, 4) is 0 Å². The second-order valence-electron chi connectivity index (χ2n) is 6.80. The number of anilines is 2. The van der Waals surface area contributed by atoms with Gasteiger partial charge in [-0.25, -0.2) is 0 Å². The topological polar surface area (TPSA) is 70.5 Å². The SMILES string of the molecule is Cc1cc(N)c(N)cc1C=C(CS)B1OC(C)(C)C(C)(C)O1. The predicted octanol–water partition coefficient (Wildman–Crippen LogP) is 3.10. The standard InChI is InChI=1S/C16H25BN2O2S/c1-10-6-13(18)14(19)8-11(10)7-12(9-22)17-20-15(2,3)16(4,5)21-17/h6-8,22H,9,18-19H2,1-5H3. The summed E-state index contributed by atoms with van der Waals surface area (Å²) in [7, 11) is -0.402. The van der Waals surface area contributed by atoms with Crippen molar-refractivity contribution in [3.05, 3.63) is 28.7 Å². The van der Waals surface area contributed by atoms with Gasteiger partial charge in [0.05, 0.1) is 22.6 Å². The van der Waals surface area contributed by atoms with Crippen LogP contribution in [0, 0.1) is 6.92 Å². The van der Waals surface area contributed by atoms with Crippen molar-refractivity contribution in [3.63, 3.8) is 0 Å². The third-order valence-corrected chi connectivity index (χ3v) is 4.92. The van der Waals surface area contributed by atoms with Gasteiger partial charge in [0.1, 0.15) is 0 Å². The minimum absolute atomic E-state index is 0.366. The molecule has 0 spiro atoms. The molecule has 1 aromatic carbocycles. The lowest BCUT2D eigenvalue weighted by molar-refractivity contribution is 0.00578. The van der Waals surface area contributed by atoms with Crippen LogP contribution in [0.4, 0.5) is 11.4 Å². The molecule has 0 aliphatic carbocycles. The molecule has 1 saturated heterocycles. The Morgan fingerprint density at radius 1 is 1.14 bits per heavy atom. The average molecular weight is 320 g/mol. The molecule has 0 atom stereocenters. The zero-order valence-corrected chi connectivity index (χ0v) is 14.8. The Hall–Kier alpha value is -1.11. The maximum absolute atomic E-state index is 6.09. The largest absolute Gasteiger partial charge is 0.491 e. The maximum atomic E-state index is 6.09. The van der Waals surface area contributed by atoms with E-state index in [2.05, 4.69) is 12.6 Å². The fourth-order valence-electron chi connectivity index (χ4n) is 2.30. The van der Waals surface area contributed by atoms with Crippen molar-refractivity contribution < 1.29 is 9.31 Å². The van der Waals surface area contributed by atoms with Crippen molar-refractivity contribution in [2.45, 2.75) is 45.8 Å². The quantitative estimate of drug-likeness (QED) is 0.455. The zero-order chi connectivity index (χ0) is 16.7. The first-order valence-electron chi connectivity index (χ1n) is 7.40. The van der Waals surface area contributed by atoms with E-state index in [1.807, 2.05) is 52.8 Å². The molecule has 1 fully saturated rings. The Kier molecular flexibility index (Phi) is 4.57. The van der Waals surface area contributed by atoms with Crippen LogP contribution >= 0.6 is 12.6 Å². The van der Waals surface area contributed by atoms with Crippen LogP contribution in [-0.2, 0) is 9.31 Å². The van der Waals surface area contributed by atoms with E-state index in [9.17, 15) is 0 Å². The molecule has 6 heteroatoms. The van der Waals surface area contributed by atoms with Gasteiger partial charge in [-0.15, -0.1) is 0 Å². The zero-order valence-electron chi connectivity index (χ0n) is 13.9. The van der Waals surface area contributed by atoms with Gasteiger partial charge >= 0.3 is 7.12 Å². The Bertz CT molecular complexity index is 598. The minimum atomic E-state index is -0.402. The Balaban J connectivity index is 2.36. The predicted molar refractivity (Wildman–Crippen MR) is 97.9 cm³/mol. The fraction of sp³-hybridized carbons (Fsp3) is 0.500. The van der Waals surface area contributed by atoms with Crippen LogP contribution in [0.5, 0.6) is 0 Å². The summed E-state index contributed by atoms with van der Waals surface area (Å²) in [6, 6.07) is 3.75. The number of rotatable bonds is 3. The van der Waals surface area contributed by atoms with E-state index in [1.54, 1.807) is 0 Å². The van der Waals surface area contributed by atoms with Crippen molar-refractivity contribution >= 4 is 37.2 Å². The highest BCUT2D eigenvalue weighted by Crippen LogP contribution is 2.39. The molecule has 0 unspecified atom stereocenters. The van der Waals surface area contributed by atoms with Gasteiger partial charge in [-0.3, -0.25) is 0 Å². The second-order valence-corrected chi connectivity index (χ2v) is 7.12. The molecule has 0 amide bonds. The van der Waals surface area contributed by atoms with E-state index < -0.39 is 7.12 Å². The highest BCUT2D eigenvalue weighted by Gasteiger charge is 2.52. The second kappa shape index (κ2) is 5.83. The van der Waals surface area contributed by atoms with Crippen molar-refractivity contribution in [1.29, 1.82) is 0 Å². The number of hydrogen-bond donors (Lipinski definition) is 3. The lowest BCUT2D eigenvalue weighted by Gasteiger charge is -2.32. The van der Waals surface area contributed by atoms with Gasteiger partial charge in [-0.1, -0.05) is 6.08 Å². The lowest BCUT2D eigenvalue weighted by Crippen LogP contribution is -2.41. The molecule has 1 heterocycles. The smallest absolute Gasteiger partial charge is 0.400 e. The first-order chi connectivity index (χ1) is 10.1. The Morgan fingerprint density at radius 3 is 2.14 bits per heavy atom. The summed E-state index contributed by atoms with van der Waals surface area (Å²) in [6.45, 7) is 10.2. The van der Waals surface area contributed by atoms with E-state index in [0.717, 1.165) is 16.6 Å². The van der Waals surface area contributed by atoms with Crippen LogP contribution in [0.3, 0.4) is 0 Å². The molecule has 120 valence electrons. The molecule has 0 radical (unpaired) electrons. The Labute approximate surface area is 138 Å². The summed E-state index contributed by atoms with van der Waals surface area (Å²) in [5, 5.41) is 0. The third-order valence-electron chi connectivity index (χ3n) is 4.55. The van der Waals surface area contributed by atoms with Crippen LogP contribution < -0.4 is 11.5 Å². The molecular formula is C16H25BN2O2S. The minimum Gasteiger partial charge on any atom is -0.400 e. The maximum Gasteiger partial charge on any atom is 0.491 e. The summed E-state index contributed by atoms with van der Waals surface area (Å²) in [4.78, 5) is 0. The van der Waals surface area contributed by atoms with E-state index >= 15 is 0 Å². The van der Waals surface area contributed by atoms with Gasteiger partial charge in [0.15, 0.2) is 0 Å². The van der Waals surface area contributed by atoms with Crippen LogP contribution in [0.1, 0.15) is 38.8 Å². The van der Waals surface area contributed by atoms with Gasteiger partial charge in [0.25, 0.3) is 0 Å². The lowest BCUT2D eigenvalue weighted by atomic mass is 9.78. The van der Waals surface area contributed by atoms with Crippen molar-refractivity contribution in [2.24, 2.45) is 0 Å². The first-order valence-corrected chi connectivity index (χ1v) is 8.03. The highest BCUT2D eigenvalue weighted by atomic mass is 32.1. The van der Waals surface area contributed by atoms with Gasteiger partial charge in [-0.05, 0) is 63.4 Å². The van der Waals surface area contributed by atoms with Gasteiger partial charge in [-0.2, -0.15) is 12.6 Å². The summed E-state index contributed by atoms with van der Waals surface area (Å²) < 4.78 is 12.2. The molecule has 4 nitrogen and oxygen atoms in total. The van der Waals surface area contributed by atoms with E-state index in [4.69, 9.17) is 20.8 Å². The number of benzene rings is 1. The number of nitrogens with two attached hydrogens (primary N) is 2. The summed E-state index contributed by atoms with van der Waals surface area (Å²) in [5.74, 6) is 0.542. The molecule has 0 bridgehead atoms. The average Bonchev–Trinajstić information content (AvgIpc) is 2.61. The van der Waals surface area contributed by atoms with E-state index in [1.165, 1.54) is 0 Å². The number of aryl methyl sites for hydroxylation is 1. The van der Waals surface area contributed by atoms with E-state index in [0.29, 0.717) is 17.1 Å². The fourth-order valence-corrected chi connectivity index (χ4v) is 2.54. The van der Waals surface area contributed by atoms with Crippen LogP contribution in [0.2, 0.25) is 0 Å². The monoisotopic (exact) mass is 320 g/mol. The normalized spacial score (nSPS) is 20.5. The summed E-state index contributed by atoms with van der Waals surface area (Å²) >= 11 is 4.43. The molecule has 22 heavy (non-hydrogen) atoms. The molecular weight excluding hydrogens is 295 g/mol. The van der Waals surface area contributed by atoms with Crippen LogP contribution in [0.15, 0.2) is 17.6 Å². The van der Waals surface area contributed by atoms with Crippen molar-refractivity contribution in [1.82, 2.24) is 0 Å². The van der Waals surface area contributed by atoms with Crippen LogP contribution in [-0.4, -0.2) is 24.1 Å². The molecule has 2 rings (SSSR count). The number of hydrogen-bond acceptors (Lipinski definition) is 5. The molecule has 1 aliphatic rings. The molecule has 1 aromatic rings. The van der Waals surface area contributed by atoms with Gasteiger partial charge in [0, 0.05) is 5.75 Å². The molecule has 4 N–H and O–H groups in total. The molecule has 1 aliphatic heterocycles. The van der Waals surface area contributed by atoms with Gasteiger partial charge < -0.3 is 20.8 Å². The number of nitrogen functional groups attached to an aromatic ring is 2. The molecule has 0 saturated carbocycles. The highest BCUT2D eigenvalue weighted by molar-refractivity contribution is 7.80. The van der Waals surface area contributed by atoms with Crippen molar-refractivity contribution in [2.75, 3.05) is 17.2 Å². The van der Waals surface area contributed by atoms with Gasteiger partial charge in [0.2, 0.25) is 0 Å². The molecule has 0 aromatic heterocycles. The van der Waals surface area contributed by atoms with Crippen LogP contribution in [0.25, 0.3) is 6.08 Å².